The Bertz CT molecular complexity index is 571. The summed E-state index contributed by atoms with van der Waals surface area (Å²) in [5.41, 5.74) is 1.36. The van der Waals surface area contributed by atoms with E-state index in [0.717, 1.165) is 5.56 Å². The number of rotatable bonds is 2. The zero-order chi connectivity index (χ0) is 11.7. The zero-order valence-electron chi connectivity index (χ0n) is 9.14. The van der Waals surface area contributed by atoms with Crippen LogP contribution in [0.5, 0.6) is 0 Å². The van der Waals surface area contributed by atoms with Crippen molar-refractivity contribution in [2.75, 3.05) is 0 Å². The summed E-state index contributed by atoms with van der Waals surface area (Å²) in [6, 6.07) is 2.95. The lowest BCUT2D eigenvalue weighted by Gasteiger charge is -2.04. The van der Waals surface area contributed by atoms with Crippen molar-refractivity contribution >= 4 is 0 Å². The van der Waals surface area contributed by atoms with Gasteiger partial charge < -0.3 is 4.57 Å². The van der Waals surface area contributed by atoms with Gasteiger partial charge in [-0.25, -0.2) is 9.78 Å². The number of aromatic nitrogens is 3. The molecule has 0 aliphatic heterocycles. The van der Waals surface area contributed by atoms with E-state index in [1.165, 1.54) is 10.6 Å². The van der Waals surface area contributed by atoms with Gasteiger partial charge in [0.25, 0.3) is 0 Å². The molecule has 0 fully saturated rings. The third-order valence-corrected chi connectivity index (χ3v) is 2.52. The number of pyridine rings is 1. The van der Waals surface area contributed by atoms with Crippen LogP contribution in [0.3, 0.4) is 0 Å². The van der Waals surface area contributed by atoms with Crippen molar-refractivity contribution in [1.29, 1.82) is 0 Å². The van der Waals surface area contributed by atoms with Crippen LogP contribution in [0.25, 0.3) is 0 Å². The molecule has 0 spiro atoms. The molecule has 2 heterocycles. The van der Waals surface area contributed by atoms with Gasteiger partial charge in [-0.3, -0.25) is 4.57 Å². The molecule has 2 rings (SSSR count). The van der Waals surface area contributed by atoms with Crippen molar-refractivity contribution in [2.45, 2.75) is 13.5 Å². The topological polar surface area (TPSA) is 39.8 Å². The highest BCUT2D eigenvalue weighted by Crippen LogP contribution is 2.07. The third kappa shape index (κ3) is 1.88. The lowest BCUT2D eigenvalue weighted by atomic mass is 10.2. The van der Waals surface area contributed by atoms with Gasteiger partial charge in [0.1, 0.15) is 0 Å². The number of hydrogen-bond acceptors (Lipinski definition) is 2. The molecular formula is C11H12FN3O. The Morgan fingerprint density at radius 1 is 1.38 bits per heavy atom. The van der Waals surface area contributed by atoms with Crippen LogP contribution in [0.1, 0.15) is 11.3 Å². The minimum absolute atomic E-state index is 0.0938. The van der Waals surface area contributed by atoms with E-state index < -0.39 is 5.95 Å². The van der Waals surface area contributed by atoms with Gasteiger partial charge >= 0.3 is 5.69 Å². The van der Waals surface area contributed by atoms with Crippen LogP contribution in [-0.4, -0.2) is 14.1 Å². The number of aryl methyl sites for hydroxylation is 2. The Balaban J connectivity index is 2.34. The minimum atomic E-state index is -0.498. The first-order valence-corrected chi connectivity index (χ1v) is 4.91. The second-order valence-corrected chi connectivity index (χ2v) is 3.70. The predicted molar refractivity (Wildman–Crippen MR) is 57.7 cm³/mol. The van der Waals surface area contributed by atoms with Gasteiger partial charge in [-0.1, -0.05) is 6.07 Å². The average molecular weight is 221 g/mol. The first kappa shape index (κ1) is 10.6. The first-order valence-electron chi connectivity index (χ1n) is 4.91. The molecule has 0 radical (unpaired) electrons. The Morgan fingerprint density at radius 2 is 2.12 bits per heavy atom. The molecule has 0 bridgehead atoms. The molecule has 5 heteroatoms. The van der Waals surface area contributed by atoms with Crippen molar-refractivity contribution in [3.8, 4) is 0 Å². The van der Waals surface area contributed by atoms with Crippen LogP contribution in [-0.2, 0) is 13.6 Å². The van der Waals surface area contributed by atoms with Gasteiger partial charge in [0, 0.05) is 25.1 Å². The van der Waals surface area contributed by atoms with Crippen molar-refractivity contribution in [1.82, 2.24) is 14.1 Å². The first-order chi connectivity index (χ1) is 7.58. The van der Waals surface area contributed by atoms with Crippen LogP contribution in [0.4, 0.5) is 4.39 Å². The van der Waals surface area contributed by atoms with Gasteiger partial charge in [0.15, 0.2) is 0 Å². The van der Waals surface area contributed by atoms with E-state index in [4.69, 9.17) is 0 Å². The molecule has 4 nitrogen and oxygen atoms in total. The summed E-state index contributed by atoms with van der Waals surface area (Å²) in [5, 5.41) is 0. The van der Waals surface area contributed by atoms with Crippen LogP contribution in [0.15, 0.2) is 29.3 Å². The van der Waals surface area contributed by atoms with Crippen molar-refractivity contribution in [3.05, 3.63) is 52.2 Å². The van der Waals surface area contributed by atoms with Crippen LogP contribution in [0.2, 0.25) is 0 Å². The average Bonchev–Trinajstić information content (AvgIpc) is 2.54. The Kier molecular flexibility index (Phi) is 2.60. The number of halogens is 1. The van der Waals surface area contributed by atoms with E-state index in [1.807, 2.05) is 0 Å². The maximum Gasteiger partial charge on any atom is 0.328 e. The predicted octanol–water partition coefficient (Wildman–Crippen LogP) is 1.08. The maximum atomic E-state index is 12.8. The summed E-state index contributed by atoms with van der Waals surface area (Å²) in [7, 11) is 1.69. The molecule has 0 aliphatic rings. The standard InChI is InChI=1S/C11H12FN3O/c1-8-9(3-4-10(12)13-8)7-15-6-5-14(2)11(15)16/h3-6H,7H2,1-2H3. The second kappa shape index (κ2) is 3.92. The Labute approximate surface area is 92.0 Å². The Hall–Kier alpha value is -1.91. The molecule has 0 saturated heterocycles. The maximum absolute atomic E-state index is 12.8. The van der Waals surface area contributed by atoms with E-state index in [9.17, 15) is 9.18 Å². The summed E-state index contributed by atoms with van der Waals surface area (Å²) in [5.74, 6) is -0.498. The van der Waals surface area contributed by atoms with Gasteiger partial charge in [-0.05, 0) is 18.6 Å². The lowest BCUT2D eigenvalue weighted by Crippen LogP contribution is -2.22. The van der Waals surface area contributed by atoms with Crippen molar-refractivity contribution in [2.24, 2.45) is 7.05 Å². The van der Waals surface area contributed by atoms with E-state index in [0.29, 0.717) is 12.2 Å². The van der Waals surface area contributed by atoms with E-state index in [2.05, 4.69) is 4.98 Å². The van der Waals surface area contributed by atoms with Crippen LogP contribution >= 0.6 is 0 Å². The third-order valence-electron chi connectivity index (χ3n) is 2.52. The molecule has 0 aliphatic carbocycles. The van der Waals surface area contributed by atoms with Crippen molar-refractivity contribution < 1.29 is 4.39 Å². The smallest absolute Gasteiger partial charge is 0.302 e. The van der Waals surface area contributed by atoms with Crippen LogP contribution < -0.4 is 5.69 Å². The molecule has 2 aromatic rings. The highest BCUT2D eigenvalue weighted by molar-refractivity contribution is 5.19. The quantitative estimate of drug-likeness (QED) is 0.712. The summed E-state index contributed by atoms with van der Waals surface area (Å²) in [6.45, 7) is 2.14. The molecule has 0 unspecified atom stereocenters. The number of imidazole rings is 1. The zero-order valence-corrected chi connectivity index (χ0v) is 9.14. The minimum Gasteiger partial charge on any atom is -0.302 e. The van der Waals surface area contributed by atoms with Gasteiger partial charge in [-0.15, -0.1) is 0 Å². The van der Waals surface area contributed by atoms with Gasteiger partial charge in [-0.2, -0.15) is 4.39 Å². The largest absolute Gasteiger partial charge is 0.328 e. The Morgan fingerprint density at radius 3 is 2.69 bits per heavy atom. The molecule has 0 amide bonds. The highest BCUT2D eigenvalue weighted by Gasteiger charge is 2.05. The fourth-order valence-electron chi connectivity index (χ4n) is 1.54. The number of nitrogens with zero attached hydrogens (tertiary/aromatic N) is 3. The molecule has 0 atom stereocenters. The summed E-state index contributed by atoms with van der Waals surface area (Å²) in [4.78, 5) is 15.3. The molecule has 2 aromatic heterocycles. The van der Waals surface area contributed by atoms with Crippen molar-refractivity contribution in [3.63, 3.8) is 0 Å². The fraction of sp³-hybridized carbons (Fsp3) is 0.273. The number of hydrogen-bond donors (Lipinski definition) is 0. The van der Waals surface area contributed by atoms with E-state index >= 15 is 0 Å². The summed E-state index contributed by atoms with van der Waals surface area (Å²) in [6.07, 6.45) is 3.39. The molecule has 0 saturated carbocycles. The van der Waals surface area contributed by atoms with E-state index in [-0.39, 0.29) is 5.69 Å². The summed E-state index contributed by atoms with van der Waals surface area (Å²) >= 11 is 0. The van der Waals surface area contributed by atoms with Gasteiger partial charge in [0.05, 0.1) is 6.54 Å². The second-order valence-electron chi connectivity index (χ2n) is 3.70. The molecule has 84 valence electrons. The van der Waals surface area contributed by atoms with Gasteiger partial charge in [0.2, 0.25) is 5.95 Å². The molecule has 16 heavy (non-hydrogen) atoms. The molecule has 0 N–H and O–H groups in total. The SMILES string of the molecule is Cc1nc(F)ccc1Cn1ccn(C)c1=O. The summed E-state index contributed by atoms with van der Waals surface area (Å²) < 4.78 is 15.8. The molecule has 0 aromatic carbocycles. The normalized spacial score (nSPS) is 10.7. The van der Waals surface area contributed by atoms with E-state index in [1.54, 1.807) is 37.0 Å². The highest BCUT2D eigenvalue weighted by atomic mass is 19.1. The fourth-order valence-corrected chi connectivity index (χ4v) is 1.54. The van der Waals surface area contributed by atoms with Crippen LogP contribution in [0, 0.1) is 12.9 Å². The lowest BCUT2D eigenvalue weighted by molar-refractivity contribution is 0.576. The molecular weight excluding hydrogens is 209 g/mol. The monoisotopic (exact) mass is 221 g/mol.